The van der Waals surface area contributed by atoms with Gasteiger partial charge in [0.25, 0.3) is 0 Å². The van der Waals surface area contributed by atoms with E-state index in [-0.39, 0.29) is 17.4 Å². The lowest BCUT2D eigenvalue weighted by Gasteiger charge is -2.10. The first-order chi connectivity index (χ1) is 14.0. The van der Waals surface area contributed by atoms with Crippen LogP contribution in [0.25, 0.3) is 11.4 Å². The summed E-state index contributed by atoms with van der Waals surface area (Å²) < 4.78 is 17.1. The molecule has 0 bridgehead atoms. The van der Waals surface area contributed by atoms with Gasteiger partial charge in [0.05, 0.1) is 11.4 Å². The molecule has 0 saturated carbocycles. The van der Waals surface area contributed by atoms with Crippen LogP contribution in [0, 0.1) is 19.7 Å². The Morgan fingerprint density at radius 2 is 1.79 bits per heavy atom. The lowest BCUT2D eigenvalue weighted by Crippen LogP contribution is -2.07. The molecule has 0 aliphatic heterocycles. The lowest BCUT2D eigenvalue weighted by molar-refractivity contribution is 0.102. The average molecular weight is 407 g/mol. The Hall–Kier alpha value is -3.26. The Balaban J connectivity index is 1.55. The van der Waals surface area contributed by atoms with E-state index in [4.69, 9.17) is 0 Å². The van der Waals surface area contributed by atoms with E-state index in [1.54, 1.807) is 10.7 Å². The van der Waals surface area contributed by atoms with E-state index in [0.29, 0.717) is 16.4 Å². The fourth-order valence-corrected chi connectivity index (χ4v) is 4.04. The van der Waals surface area contributed by atoms with Crippen molar-refractivity contribution in [3.63, 3.8) is 0 Å². The smallest absolute Gasteiger partial charge is 0.214 e. The Bertz CT molecular complexity index is 1170. The number of nitrogens with zero attached hydrogens (tertiary/aromatic N) is 5. The van der Waals surface area contributed by atoms with Crippen LogP contribution in [0.5, 0.6) is 0 Å². The van der Waals surface area contributed by atoms with Gasteiger partial charge in [0.2, 0.25) is 5.16 Å². The molecule has 0 saturated heterocycles. The molecule has 6 nitrogen and oxygen atoms in total. The number of ketones is 1. The van der Waals surface area contributed by atoms with E-state index >= 15 is 0 Å². The van der Waals surface area contributed by atoms with Crippen molar-refractivity contribution in [3.8, 4) is 11.4 Å². The highest BCUT2D eigenvalue weighted by molar-refractivity contribution is 7.99. The third kappa shape index (κ3) is 3.84. The van der Waals surface area contributed by atoms with Crippen molar-refractivity contribution < 1.29 is 9.18 Å². The maximum absolute atomic E-state index is 13.6. The number of carbonyl (C=O) groups excluding carboxylic acids is 1. The third-order valence-electron chi connectivity index (χ3n) is 4.57. The van der Waals surface area contributed by atoms with E-state index in [1.165, 1.54) is 23.9 Å². The normalized spacial score (nSPS) is 11.0. The minimum absolute atomic E-state index is 0.0339. The molecule has 0 fully saturated rings. The summed E-state index contributed by atoms with van der Waals surface area (Å²) in [6, 6.07) is 17.7. The van der Waals surface area contributed by atoms with Crippen molar-refractivity contribution >= 4 is 17.5 Å². The van der Waals surface area contributed by atoms with Crippen LogP contribution in [-0.4, -0.2) is 36.3 Å². The first kappa shape index (κ1) is 19.1. The highest BCUT2D eigenvalue weighted by Crippen LogP contribution is 2.24. The van der Waals surface area contributed by atoms with Gasteiger partial charge in [-0.1, -0.05) is 36.0 Å². The third-order valence-corrected chi connectivity index (χ3v) is 5.49. The van der Waals surface area contributed by atoms with Crippen molar-refractivity contribution in [2.75, 3.05) is 5.75 Å². The monoisotopic (exact) mass is 407 g/mol. The fraction of sp³-hybridized carbons (Fsp3) is 0.143. The first-order valence-electron chi connectivity index (χ1n) is 8.99. The summed E-state index contributed by atoms with van der Waals surface area (Å²) in [7, 11) is 0. The number of aromatic nitrogens is 5. The number of aryl methyl sites for hydroxylation is 1. The van der Waals surface area contributed by atoms with Gasteiger partial charge < -0.3 is 4.57 Å². The summed E-state index contributed by atoms with van der Waals surface area (Å²) in [5, 5.41) is 12.3. The van der Waals surface area contributed by atoms with Crippen LogP contribution in [0.1, 0.15) is 21.7 Å². The van der Waals surface area contributed by atoms with Crippen LogP contribution >= 0.6 is 11.8 Å². The van der Waals surface area contributed by atoms with Gasteiger partial charge in [-0.15, -0.1) is 5.10 Å². The number of hydrogen-bond acceptors (Lipinski definition) is 5. The molecule has 0 radical (unpaired) electrons. The van der Waals surface area contributed by atoms with Crippen LogP contribution in [0.15, 0.2) is 65.8 Å². The molecule has 2 heterocycles. The van der Waals surface area contributed by atoms with Gasteiger partial charge in [-0.05, 0) is 60.7 Å². The van der Waals surface area contributed by atoms with E-state index < -0.39 is 0 Å². The molecule has 2 aromatic carbocycles. The topological polar surface area (TPSA) is 65.6 Å². The number of Topliss-reactive ketones (excluding diaryl/α,β-unsaturated/α-hetero) is 1. The fourth-order valence-electron chi connectivity index (χ4n) is 3.27. The van der Waals surface area contributed by atoms with E-state index in [9.17, 15) is 9.18 Å². The van der Waals surface area contributed by atoms with Crippen molar-refractivity contribution in [1.82, 2.24) is 24.8 Å². The summed E-state index contributed by atoms with van der Waals surface area (Å²) in [5.41, 5.74) is 3.78. The number of hydrogen-bond donors (Lipinski definition) is 0. The summed E-state index contributed by atoms with van der Waals surface area (Å²) in [4.78, 5) is 12.9. The molecule has 8 heteroatoms. The maximum Gasteiger partial charge on any atom is 0.214 e. The number of benzene rings is 2. The zero-order chi connectivity index (χ0) is 20.4. The van der Waals surface area contributed by atoms with E-state index in [0.717, 1.165) is 17.1 Å². The molecule has 4 aromatic rings. The highest BCUT2D eigenvalue weighted by atomic mass is 32.2. The SMILES string of the molecule is Cc1cc(C(=O)CSc2nnnn2-c2ccccc2)c(C)n1-c1cccc(F)c1. The molecular weight excluding hydrogens is 389 g/mol. The molecule has 29 heavy (non-hydrogen) atoms. The predicted octanol–water partition coefficient (Wildman–Crippen LogP) is 4.18. The minimum Gasteiger partial charge on any atom is -0.318 e. The van der Waals surface area contributed by atoms with E-state index in [1.807, 2.05) is 60.9 Å². The minimum atomic E-state index is -0.314. The number of tetrazole rings is 1. The van der Waals surface area contributed by atoms with Crippen molar-refractivity contribution in [1.29, 1.82) is 0 Å². The van der Waals surface area contributed by atoms with Gasteiger partial charge in [0.15, 0.2) is 5.78 Å². The molecule has 0 unspecified atom stereocenters. The Labute approximate surface area is 171 Å². The second kappa shape index (κ2) is 8.00. The van der Waals surface area contributed by atoms with Crippen molar-refractivity contribution in [2.45, 2.75) is 19.0 Å². The van der Waals surface area contributed by atoms with Gasteiger partial charge in [0, 0.05) is 22.6 Å². The van der Waals surface area contributed by atoms with Crippen LogP contribution < -0.4 is 0 Å². The Kier molecular flexibility index (Phi) is 5.26. The Morgan fingerprint density at radius 3 is 2.55 bits per heavy atom. The molecule has 0 N–H and O–H groups in total. The molecule has 0 spiro atoms. The lowest BCUT2D eigenvalue weighted by atomic mass is 10.2. The van der Waals surface area contributed by atoms with Crippen molar-refractivity contribution in [3.05, 3.63) is 83.4 Å². The zero-order valence-corrected chi connectivity index (χ0v) is 16.7. The van der Waals surface area contributed by atoms with Crippen LogP contribution in [0.4, 0.5) is 4.39 Å². The summed E-state index contributed by atoms with van der Waals surface area (Å²) in [5.74, 6) is -0.153. The van der Waals surface area contributed by atoms with Crippen molar-refractivity contribution in [2.24, 2.45) is 0 Å². The molecular formula is C21H18FN5OS. The van der Waals surface area contributed by atoms with Gasteiger partial charge in [-0.2, -0.15) is 4.68 Å². The standard InChI is InChI=1S/C21H18FN5OS/c1-14-11-19(15(2)26(14)18-10-6-7-16(22)12-18)20(28)13-29-21-23-24-25-27(21)17-8-4-3-5-9-17/h3-12H,13H2,1-2H3. The van der Waals surface area contributed by atoms with Crippen LogP contribution in [-0.2, 0) is 0 Å². The zero-order valence-electron chi connectivity index (χ0n) is 15.9. The second-order valence-corrected chi connectivity index (χ2v) is 7.46. The number of para-hydroxylation sites is 1. The molecule has 0 amide bonds. The van der Waals surface area contributed by atoms with Gasteiger partial charge in [-0.25, -0.2) is 4.39 Å². The van der Waals surface area contributed by atoms with Gasteiger partial charge in [0.1, 0.15) is 5.82 Å². The maximum atomic E-state index is 13.6. The number of halogens is 1. The van der Waals surface area contributed by atoms with Crippen LogP contribution in [0.2, 0.25) is 0 Å². The van der Waals surface area contributed by atoms with Gasteiger partial charge in [-0.3, -0.25) is 4.79 Å². The van der Waals surface area contributed by atoms with Crippen LogP contribution in [0.3, 0.4) is 0 Å². The predicted molar refractivity (Wildman–Crippen MR) is 109 cm³/mol. The molecule has 0 aliphatic rings. The highest BCUT2D eigenvalue weighted by Gasteiger charge is 2.19. The number of rotatable bonds is 6. The van der Waals surface area contributed by atoms with Gasteiger partial charge >= 0.3 is 0 Å². The number of carbonyl (C=O) groups is 1. The largest absolute Gasteiger partial charge is 0.318 e. The first-order valence-corrected chi connectivity index (χ1v) is 9.98. The number of thioether (sulfide) groups is 1. The second-order valence-electron chi connectivity index (χ2n) is 6.52. The molecule has 0 atom stereocenters. The average Bonchev–Trinajstić information content (AvgIpc) is 3.31. The molecule has 146 valence electrons. The van der Waals surface area contributed by atoms with E-state index in [2.05, 4.69) is 15.5 Å². The molecule has 2 aromatic heterocycles. The quantitative estimate of drug-likeness (QED) is 0.354. The summed E-state index contributed by atoms with van der Waals surface area (Å²) in [6.45, 7) is 3.77. The summed E-state index contributed by atoms with van der Waals surface area (Å²) in [6.07, 6.45) is 0. The Morgan fingerprint density at radius 1 is 1.03 bits per heavy atom. The molecule has 4 rings (SSSR count). The molecule has 0 aliphatic carbocycles. The summed E-state index contributed by atoms with van der Waals surface area (Å²) >= 11 is 1.28.